The molecule has 0 fully saturated rings. The summed E-state index contributed by atoms with van der Waals surface area (Å²) >= 11 is 1.81. The van der Waals surface area contributed by atoms with Crippen LogP contribution in [-0.2, 0) is 20.0 Å². The van der Waals surface area contributed by atoms with Crippen LogP contribution in [0.15, 0.2) is 17.1 Å². The van der Waals surface area contributed by atoms with Crippen LogP contribution in [0.25, 0.3) is 0 Å². The predicted molar refractivity (Wildman–Crippen MR) is 109 cm³/mol. The molecule has 7 heteroatoms. The molecule has 0 aliphatic rings. The molecule has 128 valence electrons. The lowest BCUT2D eigenvalue weighted by molar-refractivity contribution is 0.729. The van der Waals surface area contributed by atoms with Crippen molar-refractivity contribution in [3.8, 4) is 0 Å². The van der Waals surface area contributed by atoms with Gasteiger partial charge in [0.05, 0.1) is 12.2 Å². The van der Waals surface area contributed by atoms with Crippen LogP contribution in [0.4, 0.5) is 0 Å². The van der Waals surface area contributed by atoms with Crippen molar-refractivity contribution in [2.45, 2.75) is 33.7 Å². The van der Waals surface area contributed by atoms with Crippen molar-refractivity contribution in [1.29, 1.82) is 0 Å². The molecule has 0 spiro atoms. The molecular weight excluding hydrogens is 421 g/mol. The summed E-state index contributed by atoms with van der Waals surface area (Å²) in [6.07, 6.45) is 0.949. The third-order valence-electron chi connectivity index (χ3n) is 3.78. The molecule has 0 saturated carbocycles. The topological polar surface area (TPSA) is 54.2 Å². The van der Waals surface area contributed by atoms with Crippen LogP contribution in [0.1, 0.15) is 26.7 Å². The average molecular weight is 447 g/mol. The fourth-order valence-corrected chi connectivity index (χ4v) is 3.29. The lowest BCUT2D eigenvalue weighted by Crippen LogP contribution is -2.37. The number of aryl methyl sites for hydroxylation is 3. The van der Waals surface area contributed by atoms with Gasteiger partial charge in [0.1, 0.15) is 0 Å². The van der Waals surface area contributed by atoms with E-state index in [-0.39, 0.29) is 24.0 Å². The Morgan fingerprint density at radius 3 is 2.52 bits per heavy atom. The fraction of sp³-hybridized carbons (Fsp3) is 0.500. The molecule has 2 heterocycles. The van der Waals surface area contributed by atoms with E-state index in [0.717, 1.165) is 31.2 Å². The number of aliphatic imine (C=N–C) groups is 1. The Morgan fingerprint density at radius 2 is 2.00 bits per heavy atom. The predicted octanol–water partition coefficient (Wildman–Crippen LogP) is 2.93. The summed E-state index contributed by atoms with van der Waals surface area (Å²) in [6.45, 7) is 7.95. The number of hydrogen-bond acceptors (Lipinski definition) is 3. The highest BCUT2D eigenvalue weighted by Gasteiger charge is 2.09. The molecule has 0 radical (unpaired) electrons. The van der Waals surface area contributed by atoms with Gasteiger partial charge < -0.3 is 10.6 Å². The smallest absolute Gasteiger partial charge is 0.191 e. The zero-order valence-corrected chi connectivity index (χ0v) is 17.6. The van der Waals surface area contributed by atoms with Gasteiger partial charge in [-0.05, 0) is 44.9 Å². The molecule has 0 saturated heterocycles. The number of halogens is 1. The first kappa shape index (κ1) is 20.0. The Kier molecular flexibility index (Phi) is 8.04. The maximum Gasteiger partial charge on any atom is 0.191 e. The third-order valence-corrected chi connectivity index (χ3v) is 4.78. The zero-order valence-electron chi connectivity index (χ0n) is 14.4. The number of hydrogen-bond donors (Lipinski definition) is 2. The van der Waals surface area contributed by atoms with Crippen molar-refractivity contribution < 1.29 is 0 Å². The Bertz CT molecular complexity index is 659. The van der Waals surface area contributed by atoms with Crippen molar-refractivity contribution >= 4 is 41.3 Å². The van der Waals surface area contributed by atoms with E-state index in [1.165, 1.54) is 21.0 Å². The van der Waals surface area contributed by atoms with Crippen molar-refractivity contribution in [3.63, 3.8) is 0 Å². The van der Waals surface area contributed by atoms with Gasteiger partial charge in [-0.1, -0.05) is 0 Å². The zero-order chi connectivity index (χ0) is 16.1. The van der Waals surface area contributed by atoms with Gasteiger partial charge in [-0.2, -0.15) is 5.10 Å². The second-order valence-electron chi connectivity index (χ2n) is 5.39. The maximum absolute atomic E-state index is 4.45. The number of nitrogens with zero attached hydrogens (tertiary/aromatic N) is 3. The van der Waals surface area contributed by atoms with Gasteiger partial charge in [-0.3, -0.25) is 9.67 Å². The molecule has 2 N–H and O–H groups in total. The number of thiophene rings is 1. The molecular formula is C16H26IN5S. The van der Waals surface area contributed by atoms with E-state index < -0.39 is 0 Å². The normalized spacial score (nSPS) is 11.3. The molecule has 2 aromatic heterocycles. The molecule has 2 rings (SSSR count). The molecule has 0 unspecified atom stereocenters. The van der Waals surface area contributed by atoms with Crippen molar-refractivity contribution in [3.05, 3.63) is 38.8 Å². The lowest BCUT2D eigenvalue weighted by atomic mass is 10.1. The van der Waals surface area contributed by atoms with Crippen LogP contribution in [0.3, 0.4) is 0 Å². The maximum atomic E-state index is 4.45. The summed E-state index contributed by atoms with van der Waals surface area (Å²) in [6, 6.07) is 4.30. The van der Waals surface area contributed by atoms with Gasteiger partial charge in [0, 0.05) is 36.1 Å². The van der Waals surface area contributed by atoms with Crippen molar-refractivity contribution in [2.75, 3.05) is 13.6 Å². The Hall–Kier alpha value is -1.09. The van der Waals surface area contributed by atoms with Gasteiger partial charge in [0.25, 0.3) is 0 Å². The van der Waals surface area contributed by atoms with Crippen LogP contribution in [-0.4, -0.2) is 29.3 Å². The largest absolute Gasteiger partial charge is 0.356 e. The minimum atomic E-state index is 0. The summed E-state index contributed by atoms with van der Waals surface area (Å²) in [5.74, 6) is 0.838. The first-order chi connectivity index (χ1) is 10.5. The molecule has 23 heavy (non-hydrogen) atoms. The SMILES string of the molecule is CN=C(NCCc1c(C)nn(C)c1C)NCc1ccc(C)s1.I. The number of nitrogens with one attached hydrogen (secondary N) is 2. The highest BCUT2D eigenvalue weighted by molar-refractivity contribution is 14.0. The molecule has 0 aliphatic carbocycles. The standard InChI is InChI=1S/C16H25N5S.HI/c1-11-6-7-14(22-11)10-19-16(17-4)18-9-8-15-12(2)20-21(5)13(15)3;/h6-7H,8-10H2,1-5H3,(H2,17,18,19);1H. The van der Waals surface area contributed by atoms with Crippen LogP contribution < -0.4 is 10.6 Å². The minimum Gasteiger partial charge on any atom is -0.356 e. The highest BCUT2D eigenvalue weighted by atomic mass is 127. The van der Waals surface area contributed by atoms with Gasteiger partial charge in [-0.15, -0.1) is 35.3 Å². The summed E-state index contributed by atoms with van der Waals surface area (Å²) < 4.78 is 1.94. The van der Waals surface area contributed by atoms with Gasteiger partial charge in [0.2, 0.25) is 0 Å². The van der Waals surface area contributed by atoms with E-state index in [9.17, 15) is 0 Å². The van der Waals surface area contributed by atoms with Crippen LogP contribution in [0, 0.1) is 20.8 Å². The number of aromatic nitrogens is 2. The summed E-state index contributed by atoms with van der Waals surface area (Å²) in [7, 11) is 3.79. The van der Waals surface area contributed by atoms with E-state index in [0.29, 0.717) is 0 Å². The van der Waals surface area contributed by atoms with E-state index in [2.05, 4.69) is 53.6 Å². The summed E-state index contributed by atoms with van der Waals surface area (Å²) in [5.41, 5.74) is 3.66. The van der Waals surface area contributed by atoms with Crippen LogP contribution >= 0.6 is 35.3 Å². The van der Waals surface area contributed by atoms with E-state index >= 15 is 0 Å². The number of rotatable bonds is 5. The van der Waals surface area contributed by atoms with Gasteiger partial charge >= 0.3 is 0 Å². The first-order valence-electron chi connectivity index (χ1n) is 7.50. The van der Waals surface area contributed by atoms with E-state index in [1.807, 2.05) is 23.1 Å². The monoisotopic (exact) mass is 447 g/mol. The number of guanidine groups is 1. The Labute approximate surface area is 159 Å². The summed E-state index contributed by atoms with van der Waals surface area (Å²) in [5, 5.41) is 11.2. The summed E-state index contributed by atoms with van der Waals surface area (Å²) in [4.78, 5) is 6.92. The van der Waals surface area contributed by atoms with Gasteiger partial charge in [-0.25, -0.2) is 0 Å². The van der Waals surface area contributed by atoms with Crippen molar-refractivity contribution in [1.82, 2.24) is 20.4 Å². The van der Waals surface area contributed by atoms with Crippen LogP contribution in [0.2, 0.25) is 0 Å². The van der Waals surface area contributed by atoms with Crippen LogP contribution in [0.5, 0.6) is 0 Å². The molecule has 0 bridgehead atoms. The van der Waals surface area contributed by atoms with E-state index in [1.54, 1.807) is 7.05 Å². The lowest BCUT2D eigenvalue weighted by Gasteiger charge is -2.11. The molecule has 0 amide bonds. The quantitative estimate of drug-likeness (QED) is 0.421. The average Bonchev–Trinajstić information content (AvgIpc) is 3.00. The second-order valence-corrected chi connectivity index (χ2v) is 6.76. The third kappa shape index (κ3) is 5.49. The second kappa shape index (κ2) is 9.27. The van der Waals surface area contributed by atoms with Gasteiger partial charge in [0.15, 0.2) is 5.96 Å². The van der Waals surface area contributed by atoms with E-state index in [4.69, 9.17) is 0 Å². The Balaban J connectivity index is 0.00000264. The molecule has 2 aromatic rings. The molecule has 0 atom stereocenters. The fourth-order valence-electron chi connectivity index (χ4n) is 2.46. The minimum absolute atomic E-state index is 0. The molecule has 0 aliphatic heterocycles. The molecule has 0 aromatic carbocycles. The molecule has 5 nitrogen and oxygen atoms in total. The first-order valence-corrected chi connectivity index (χ1v) is 8.31. The Morgan fingerprint density at radius 1 is 1.26 bits per heavy atom. The van der Waals surface area contributed by atoms with Crippen molar-refractivity contribution in [2.24, 2.45) is 12.0 Å². The highest BCUT2D eigenvalue weighted by Crippen LogP contribution is 2.14.